The molecule has 0 saturated heterocycles. The van der Waals surface area contributed by atoms with Crippen LogP contribution in [0.4, 0.5) is 5.69 Å². The third-order valence-electron chi connectivity index (χ3n) is 7.67. The summed E-state index contributed by atoms with van der Waals surface area (Å²) < 4.78 is 3.35. The fraction of sp³-hybridized carbons (Fsp3) is 0.188. The summed E-state index contributed by atoms with van der Waals surface area (Å²) in [4.78, 5) is 41.5. The zero-order chi connectivity index (χ0) is 30.2. The summed E-state index contributed by atoms with van der Waals surface area (Å²) in [6.07, 6.45) is 2.04. The molecule has 2 aromatic heterocycles. The molecule has 1 aliphatic rings. The van der Waals surface area contributed by atoms with Crippen molar-refractivity contribution in [3.05, 3.63) is 127 Å². The van der Waals surface area contributed by atoms with Crippen molar-refractivity contribution in [1.29, 1.82) is 0 Å². The molecule has 3 heterocycles. The lowest BCUT2D eigenvalue weighted by Crippen LogP contribution is -2.41. The van der Waals surface area contributed by atoms with Crippen LogP contribution in [-0.2, 0) is 19.5 Å². The van der Waals surface area contributed by atoms with Gasteiger partial charge in [0.1, 0.15) is 0 Å². The summed E-state index contributed by atoms with van der Waals surface area (Å²) in [6, 6.07) is 19.9. The topological polar surface area (TPSA) is 101 Å². The SMILES string of the molecule is CNC(=O)c1ccc(-n2c(=O)c3c(n4ncc(NCc5ccc(C)cc5)c24)CN(C(=O)c2ccc(Cl)c(Cl)c2)CC3)cc1. The number of nitrogens with zero attached hydrogens (tertiary/aromatic N) is 4. The predicted octanol–water partition coefficient (Wildman–Crippen LogP) is 5.27. The number of nitrogens with one attached hydrogen (secondary N) is 2. The van der Waals surface area contributed by atoms with E-state index >= 15 is 0 Å². The average molecular weight is 616 g/mol. The molecule has 0 spiro atoms. The van der Waals surface area contributed by atoms with Gasteiger partial charge in [0.15, 0.2) is 5.65 Å². The molecule has 11 heteroatoms. The van der Waals surface area contributed by atoms with Gasteiger partial charge in [0.05, 0.1) is 39.9 Å². The number of amides is 2. The van der Waals surface area contributed by atoms with Crippen LogP contribution in [0.1, 0.15) is 43.1 Å². The summed E-state index contributed by atoms with van der Waals surface area (Å²) in [5.74, 6) is -0.428. The van der Waals surface area contributed by atoms with E-state index in [1.165, 1.54) is 5.56 Å². The van der Waals surface area contributed by atoms with Crippen LogP contribution in [0.25, 0.3) is 11.3 Å². The maximum absolute atomic E-state index is 14.2. The largest absolute Gasteiger partial charge is 0.377 e. The minimum absolute atomic E-state index is 0.190. The molecule has 0 atom stereocenters. The molecule has 0 bridgehead atoms. The number of rotatable bonds is 6. The Morgan fingerprint density at radius 3 is 2.37 bits per heavy atom. The van der Waals surface area contributed by atoms with Crippen LogP contribution < -0.4 is 16.2 Å². The Labute approximate surface area is 257 Å². The van der Waals surface area contributed by atoms with E-state index < -0.39 is 0 Å². The lowest BCUT2D eigenvalue weighted by atomic mass is 10.0. The van der Waals surface area contributed by atoms with E-state index in [1.807, 2.05) is 31.2 Å². The number of benzene rings is 3. The van der Waals surface area contributed by atoms with Gasteiger partial charge in [0, 0.05) is 36.8 Å². The van der Waals surface area contributed by atoms with Gasteiger partial charge in [0.2, 0.25) is 0 Å². The van der Waals surface area contributed by atoms with E-state index in [0.29, 0.717) is 69.0 Å². The van der Waals surface area contributed by atoms with Gasteiger partial charge in [-0.25, -0.2) is 4.52 Å². The third-order valence-corrected chi connectivity index (χ3v) is 8.40. The number of aromatic nitrogens is 3. The van der Waals surface area contributed by atoms with Gasteiger partial charge in [-0.2, -0.15) is 5.10 Å². The second-order valence-corrected chi connectivity index (χ2v) is 11.2. The second-order valence-electron chi connectivity index (χ2n) is 10.4. The molecule has 2 N–H and O–H groups in total. The van der Waals surface area contributed by atoms with Crippen molar-refractivity contribution in [1.82, 2.24) is 24.4 Å². The molecule has 218 valence electrons. The molecule has 2 amide bonds. The van der Waals surface area contributed by atoms with E-state index in [0.717, 1.165) is 5.56 Å². The lowest BCUT2D eigenvalue weighted by Gasteiger charge is -2.29. The summed E-state index contributed by atoms with van der Waals surface area (Å²) in [5.41, 5.74) is 5.95. The van der Waals surface area contributed by atoms with Gasteiger partial charge in [0.25, 0.3) is 17.4 Å². The quantitative estimate of drug-likeness (QED) is 0.271. The molecule has 6 rings (SSSR count). The molecule has 9 nitrogen and oxygen atoms in total. The fourth-order valence-electron chi connectivity index (χ4n) is 5.32. The first kappa shape index (κ1) is 28.5. The summed E-state index contributed by atoms with van der Waals surface area (Å²) in [5, 5.41) is 11.4. The van der Waals surface area contributed by atoms with Gasteiger partial charge in [-0.1, -0.05) is 53.0 Å². The van der Waals surface area contributed by atoms with Crippen molar-refractivity contribution >= 4 is 46.4 Å². The highest BCUT2D eigenvalue weighted by Crippen LogP contribution is 2.28. The molecule has 0 unspecified atom stereocenters. The molecular weight excluding hydrogens is 587 g/mol. The Morgan fingerprint density at radius 2 is 1.67 bits per heavy atom. The van der Waals surface area contributed by atoms with Crippen LogP contribution in [0, 0.1) is 6.92 Å². The van der Waals surface area contributed by atoms with E-state index in [4.69, 9.17) is 28.3 Å². The highest BCUT2D eigenvalue weighted by atomic mass is 35.5. The number of halogens is 2. The van der Waals surface area contributed by atoms with Crippen molar-refractivity contribution in [2.75, 3.05) is 18.9 Å². The maximum atomic E-state index is 14.2. The molecule has 1 aliphatic heterocycles. The Kier molecular flexibility index (Phi) is 7.68. The summed E-state index contributed by atoms with van der Waals surface area (Å²) in [7, 11) is 1.57. The zero-order valence-corrected chi connectivity index (χ0v) is 25.0. The fourth-order valence-corrected chi connectivity index (χ4v) is 5.61. The van der Waals surface area contributed by atoms with E-state index in [-0.39, 0.29) is 23.9 Å². The Bertz CT molecular complexity index is 1930. The molecular formula is C32H28Cl2N6O3. The van der Waals surface area contributed by atoms with Crippen LogP contribution >= 0.6 is 23.2 Å². The van der Waals surface area contributed by atoms with Gasteiger partial charge < -0.3 is 15.5 Å². The number of fused-ring (bicyclic) bond motifs is 3. The van der Waals surface area contributed by atoms with E-state index in [1.54, 1.807) is 69.7 Å². The van der Waals surface area contributed by atoms with Crippen LogP contribution in [0.15, 0.2) is 77.7 Å². The van der Waals surface area contributed by atoms with Crippen molar-refractivity contribution in [3.8, 4) is 5.69 Å². The number of aryl methyl sites for hydroxylation is 1. The highest BCUT2D eigenvalue weighted by molar-refractivity contribution is 6.42. The Morgan fingerprint density at radius 1 is 0.953 bits per heavy atom. The minimum Gasteiger partial charge on any atom is -0.377 e. The van der Waals surface area contributed by atoms with E-state index in [2.05, 4.69) is 10.6 Å². The number of carbonyl (C=O) groups excluding carboxylic acids is 2. The van der Waals surface area contributed by atoms with Crippen LogP contribution in [0.3, 0.4) is 0 Å². The average Bonchev–Trinajstić information content (AvgIpc) is 3.45. The van der Waals surface area contributed by atoms with Gasteiger partial charge in [-0.3, -0.25) is 19.0 Å². The summed E-state index contributed by atoms with van der Waals surface area (Å²) in [6.45, 7) is 3.09. The molecule has 0 saturated carbocycles. The second kappa shape index (κ2) is 11.6. The molecule has 0 radical (unpaired) electrons. The Hall–Kier alpha value is -4.60. The monoisotopic (exact) mass is 614 g/mol. The molecule has 43 heavy (non-hydrogen) atoms. The van der Waals surface area contributed by atoms with Crippen molar-refractivity contribution in [3.63, 3.8) is 0 Å². The predicted molar refractivity (Wildman–Crippen MR) is 168 cm³/mol. The van der Waals surface area contributed by atoms with Crippen LogP contribution in [0.5, 0.6) is 0 Å². The Balaban J connectivity index is 1.44. The zero-order valence-electron chi connectivity index (χ0n) is 23.5. The lowest BCUT2D eigenvalue weighted by molar-refractivity contribution is 0.0729. The minimum atomic E-state index is -0.217. The number of carbonyl (C=O) groups is 2. The standard InChI is InChI=1S/C32H28Cl2N6O3/c1-19-3-5-20(6-4-19)16-36-27-17-37-40-28-18-38(31(42)22-9-12-25(33)26(34)15-22)14-13-24(28)32(43)39(30(27)40)23-10-7-21(8-11-23)29(41)35-2/h3-12,15,17,36H,13-14,16,18H2,1-2H3,(H,35,41). The smallest absolute Gasteiger partial charge is 0.261 e. The number of hydrogen-bond acceptors (Lipinski definition) is 5. The van der Waals surface area contributed by atoms with Crippen molar-refractivity contribution in [2.24, 2.45) is 0 Å². The number of anilines is 1. The normalized spacial score (nSPS) is 12.7. The first-order chi connectivity index (χ1) is 20.7. The van der Waals surface area contributed by atoms with Crippen LogP contribution in [0.2, 0.25) is 10.0 Å². The van der Waals surface area contributed by atoms with Gasteiger partial charge in [-0.05, 0) is 61.4 Å². The third kappa shape index (κ3) is 5.37. The number of hydrogen-bond donors (Lipinski definition) is 2. The van der Waals surface area contributed by atoms with Gasteiger partial charge >= 0.3 is 0 Å². The first-order valence-corrected chi connectivity index (χ1v) is 14.5. The molecule has 3 aromatic carbocycles. The van der Waals surface area contributed by atoms with Crippen LogP contribution in [-0.4, -0.2) is 44.5 Å². The maximum Gasteiger partial charge on any atom is 0.261 e. The van der Waals surface area contributed by atoms with Gasteiger partial charge in [-0.15, -0.1) is 0 Å². The van der Waals surface area contributed by atoms with Crippen molar-refractivity contribution < 1.29 is 9.59 Å². The first-order valence-electron chi connectivity index (χ1n) is 13.8. The summed E-state index contributed by atoms with van der Waals surface area (Å²) >= 11 is 12.2. The van der Waals surface area contributed by atoms with E-state index in [9.17, 15) is 14.4 Å². The highest BCUT2D eigenvalue weighted by Gasteiger charge is 2.29. The molecule has 5 aromatic rings. The van der Waals surface area contributed by atoms with Crippen molar-refractivity contribution in [2.45, 2.75) is 26.4 Å². The molecule has 0 fully saturated rings. The molecule has 0 aliphatic carbocycles.